The number of aliphatic carboxylic acids is 1. The molecule has 1 amide bonds. The Labute approximate surface area is 123 Å². The number of ether oxygens (including phenoxy) is 2. The molecule has 0 spiro atoms. The van der Waals surface area contributed by atoms with Crippen LogP contribution in [0.4, 0.5) is 0 Å². The molecular formula is C15H19NO5. The SMILES string of the molecule is O=C(O)COc1cccc(C(=O)NCC[C@@H]2CCCO2)c1. The van der Waals surface area contributed by atoms with Crippen LogP contribution in [0.25, 0.3) is 0 Å². The van der Waals surface area contributed by atoms with Crippen LogP contribution in [0.5, 0.6) is 5.75 Å². The minimum absolute atomic E-state index is 0.200. The summed E-state index contributed by atoms with van der Waals surface area (Å²) in [6.07, 6.45) is 3.19. The molecule has 1 aliphatic heterocycles. The summed E-state index contributed by atoms with van der Waals surface area (Å²) < 4.78 is 10.5. The molecule has 0 bridgehead atoms. The first-order chi connectivity index (χ1) is 10.1. The van der Waals surface area contributed by atoms with Gasteiger partial charge in [0.05, 0.1) is 6.10 Å². The summed E-state index contributed by atoms with van der Waals surface area (Å²) >= 11 is 0. The molecule has 114 valence electrons. The van der Waals surface area contributed by atoms with Gasteiger partial charge in [0.1, 0.15) is 5.75 Å². The summed E-state index contributed by atoms with van der Waals surface area (Å²) in [7, 11) is 0. The third-order valence-corrected chi connectivity index (χ3v) is 3.23. The Morgan fingerprint density at radius 1 is 1.43 bits per heavy atom. The van der Waals surface area contributed by atoms with Gasteiger partial charge >= 0.3 is 5.97 Å². The zero-order chi connectivity index (χ0) is 15.1. The maximum atomic E-state index is 12.0. The third-order valence-electron chi connectivity index (χ3n) is 3.23. The van der Waals surface area contributed by atoms with E-state index in [1.165, 1.54) is 6.07 Å². The van der Waals surface area contributed by atoms with E-state index in [-0.39, 0.29) is 12.0 Å². The van der Waals surface area contributed by atoms with E-state index in [9.17, 15) is 9.59 Å². The van der Waals surface area contributed by atoms with Crippen LogP contribution in [-0.4, -0.2) is 42.8 Å². The van der Waals surface area contributed by atoms with E-state index in [1.54, 1.807) is 18.2 Å². The molecule has 1 heterocycles. The van der Waals surface area contributed by atoms with Crippen molar-refractivity contribution >= 4 is 11.9 Å². The number of benzene rings is 1. The largest absolute Gasteiger partial charge is 0.482 e. The van der Waals surface area contributed by atoms with Crippen molar-refractivity contribution in [2.45, 2.75) is 25.4 Å². The van der Waals surface area contributed by atoms with Crippen LogP contribution in [0.3, 0.4) is 0 Å². The molecule has 1 saturated heterocycles. The van der Waals surface area contributed by atoms with E-state index < -0.39 is 12.6 Å². The van der Waals surface area contributed by atoms with Crippen molar-refractivity contribution in [1.29, 1.82) is 0 Å². The molecule has 1 aromatic carbocycles. The van der Waals surface area contributed by atoms with Gasteiger partial charge in [0.15, 0.2) is 6.61 Å². The van der Waals surface area contributed by atoms with Gasteiger partial charge in [0.2, 0.25) is 0 Å². The van der Waals surface area contributed by atoms with Gasteiger partial charge in [-0.3, -0.25) is 4.79 Å². The average molecular weight is 293 g/mol. The monoisotopic (exact) mass is 293 g/mol. The van der Waals surface area contributed by atoms with Gasteiger partial charge in [0.25, 0.3) is 5.91 Å². The van der Waals surface area contributed by atoms with E-state index in [0.717, 1.165) is 25.9 Å². The highest BCUT2D eigenvalue weighted by atomic mass is 16.5. The van der Waals surface area contributed by atoms with Gasteiger partial charge in [-0.2, -0.15) is 0 Å². The second-order valence-corrected chi connectivity index (χ2v) is 4.89. The molecular weight excluding hydrogens is 274 g/mol. The smallest absolute Gasteiger partial charge is 0.341 e. The number of nitrogens with one attached hydrogen (secondary N) is 1. The number of hydrogen-bond donors (Lipinski definition) is 2. The van der Waals surface area contributed by atoms with Gasteiger partial charge in [0, 0.05) is 18.7 Å². The first-order valence-electron chi connectivity index (χ1n) is 6.99. The molecule has 21 heavy (non-hydrogen) atoms. The van der Waals surface area contributed by atoms with E-state index in [1.807, 2.05) is 0 Å². The highest BCUT2D eigenvalue weighted by Crippen LogP contribution is 2.15. The third kappa shape index (κ3) is 5.07. The highest BCUT2D eigenvalue weighted by molar-refractivity contribution is 5.94. The normalized spacial score (nSPS) is 17.4. The summed E-state index contributed by atoms with van der Waals surface area (Å²) in [5.74, 6) is -0.889. The summed E-state index contributed by atoms with van der Waals surface area (Å²) in [5.41, 5.74) is 0.449. The average Bonchev–Trinajstić information content (AvgIpc) is 2.98. The van der Waals surface area contributed by atoms with Crippen molar-refractivity contribution < 1.29 is 24.2 Å². The van der Waals surface area contributed by atoms with Gasteiger partial charge in [-0.15, -0.1) is 0 Å². The maximum absolute atomic E-state index is 12.0. The Morgan fingerprint density at radius 3 is 3.00 bits per heavy atom. The molecule has 6 nitrogen and oxygen atoms in total. The number of carbonyl (C=O) groups excluding carboxylic acids is 1. The molecule has 1 aliphatic rings. The first-order valence-corrected chi connectivity index (χ1v) is 6.99. The number of amides is 1. The molecule has 0 radical (unpaired) electrons. The number of carboxylic acid groups (broad SMARTS) is 1. The van der Waals surface area contributed by atoms with Crippen LogP contribution in [-0.2, 0) is 9.53 Å². The molecule has 1 aromatic rings. The predicted octanol–water partition coefficient (Wildman–Crippen LogP) is 1.45. The number of rotatable bonds is 7. The summed E-state index contributed by atoms with van der Waals surface area (Å²) in [6, 6.07) is 6.47. The van der Waals surface area contributed by atoms with Gasteiger partial charge in [-0.1, -0.05) is 6.07 Å². The minimum Gasteiger partial charge on any atom is -0.482 e. The zero-order valence-electron chi connectivity index (χ0n) is 11.7. The number of carbonyl (C=O) groups is 2. The van der Waals surface area contributed by atoms with E-state index in [4.69, 9.17) is 14.6 Å². The second kappa shape index (κ2) is 7.64. The lowest BCUT2D eigenvalue weighted by molar-refractivity contribution is -0.139. The molecule has 2 rings (SSSR count). The Morgan fingerprint density at radius 2 is 2.29 bits per heavy atom. The second-order valence-electron chi connectivity index (χ2n) is 4.89. The van der Waals surface area contributed by atoms with Crippen molar-refractivity contribution in [3.63, 3.8) is 0 Å². The molecule has 0 aliphatic carbocycles. The van der Waals surface area contributed by atoms with Crippen LogP contribution in [0.1, 0.15) is 29.6 Å². The van der Waals surface area contributed by atoms with Crippen molar-refractivity contribution in [2.24, 2.45) is 0 Å². The molecule has 1 atom stereocenters. The van der Waals surface area contributed by atoms with Crippen LogP contribution in [0, 0.1) is 0 Å². The summed E-state index contributed by atoms with van der Waals surface area (Å²) in [6.45, 7) is 0.940. The molecule has 0 saturated carbocycles. The van der Waals surface area contributed by atoms with Crippen LogP contribution in [0.15, 0.2) is 24.3 Å². The lowest BCUT2D eigenvalue weighted by atomic mass is 10.1. The van der Waals surface area contributed by atoms with Gasteiger partial charge < -0.3 is 19.9 Å². The maximum Gasteiger partial charge on any atom is 0.341 e. The number of hydrogen-bond acceptors (Lipinski definition) is 4. The predicted molar refractivity (Wildman–Crippen MR) is 75.5 cm³/mol. The lowest BCUT2D eigenvalue weighted by Crippen LogP contribution is -2.27. The molecule has 0 unspecified atom stereocenters. The van der Waals surface area contributed by atoms with Gasteiger partial charge in [-0.05, 0) is 37.5 Å². The molecule has 1 fully saturated rings. The topological polar surface area (TPSA) is 84.9 Å². The number of carboxylic acids is 1. The van der Waals surface area contributed by atoms with E-state index in [0.29, 0.717) is 17.9 Å². The summed E-state index contributed by atoms with van der Waals surface area (Å²) in [5, 5.41) is 11.4. The van der Waals surface area contributed by atoms with Gasteiger partial charge in [-0.25, -0.2) is 4.79 Å². The zero-order valence-corrected chi connectivity index (χ0v) is 11.7. The fourth-order valence-electron chi connectivity index (χ4n) is 2.19. The molecule has 2 N–H and O–H groups in total. The van der Waals surface area contributed by atoms with Crippen LogP contribution < -0.4 is 10.1 Å². The fraction of sp³-hybridized carbons (Fsp3) is 0.467. The van der Waals surface area contributed by atoms with E-state index >= 15 is 0 Å². The van der Waals surface area contributed by atoms with Crippen molar-refractivity contribution in [3.05, 3.63) is 29.8 Å². The van der Waals surface area contributed by atoms with Crippen LogP contribution >= 0.6 is 0 Å². The lowest BCUT2D eigenvalue weighted by Gasteiger charge is -2.10. The quantitative estimate of drug-likeness (QED) is 0.795. The Balaban J connectivity index is 1.80. The standard InChI is InChI=1S/C15H19NO5/c17-14(18)10-21-13-4-1-3-11(9-13)15(19)16-7-6-12-5-2-8-20-12/h1,3-4,9,12H,2,5-8,10H2,(H,16,19)(H,17,18)/t12-/m0/s1. The van der Waals surface area contributed by atoms with Crippen LogP contribution in [0.2, 0.25) is 0 Å². The Kier molecular flexibility index (Phi) is 5.57. The van der Waals surface area contributed by atoms with E-state index in [2.05, 4.69) is 5.32 Å². The first kappa shape index (κ1) is 15.3. The molecule has 6 heteroatoms. The fourth-order valence-corrected chi connectivity index (χ4v) is 2.19. The van der Waals surface area contributed by atoms with Crippen molar-refractivity contribution in [2.75, 3.05) is 19.8 Å². The Bertz CT molecular complexity index is 497. The van der Waals surface area contributed by atoms with Crippen molar-refractivity contribution in [1.82, 2.24) is 5.32 Å². The summed E-state index contributed by atoms with van der Waals surface area (Å²) in [4.78, 5) is 22.4. The Hall–Kier alpha value is -2.08. The molecule has 0 aromatic heterocycles. The van der Waals surface area contributed by atoms with Crippen molar-refractivity contribution in [3.8, 4) is 5.75 Å². The minimum atomic E-state index is -1.05. The highest BCUT2D eigenvalue weighted by Gasteiger charge is 2.15.